The van der Waals surface area contributed by atoms with Crippen LogP contribution >= 0.6 is 11.6 Å². The number of fused-ring (bicyclic) bond motifs is 3. The second-order valence-corrected chi connectivity index (χ2v) is 4.56. The molecule has 3 rings (SSSR count). The Morgan fingerprint density at radius 2 is 2.31 bits per heavy atom. The third kappa shape index (κ3) is 1.03. The molecule has 2 atom stereocenters. The normalized spacial score (nSPS) is 30.2. The molecule has 2 aliphatic rings. The Hall–Kier alpha value is -0.560. The zero-order chi connectivity index (χ0) is 8.84. The molecule has 0 radical (unpaired) electrons. The molecular formula is C11H12ClN. The number of halogens is 1. The van der Waals surface area contributed by atoms with Gasteiger partial charge >= 0.3 is 0 Å². The summed E-state index contributed by atoms with van der Waals surface area (Å²) >= 11 is 6.20. The molecule has 1 nitrogen and oxygen atoms in total. The SMILES string of the molecule is Clc1ccnc2c1[C@H]1CCC[C@H]1C2. The molecule has 2 aliphatic carbocycles. The Balaban J connectivity index is 2.14. The monoisotopic (exact) mass is 193 g/mol. The molecule has 0 bridgehead atoms. The maximum atomic E-state index is 6.20. The maximum absolute atomic E-state index is 6.20. The van der Waals surface area contributed by atoms with E-state index in [4.69, 9.17) is 11.6 Å². The Kier molecular flexibility index (Phi) is 1.63. The van der Waals surface area contributed by atoms with Crippen molar-refractivity contribution in [3.05, 3.63) is 28.5 Å². The van der Waals surface area contributed by atoms with Crippen LogP contribution in [-0.4, -0.2) is 4.98 Å². The molecule has 2 heteroatoms. The van der Waals surface area contributed by atoms with Gasteiger partial charge in [0.1, 0.15) is 0 Å². The Morgan fingerprint density at radius 3 is 3.23 bits per heavy atom. The summed E-state index contributed by atoms with van der Waals surface area (Å²) < 4.78 is 0. The smallest absolute Gasteiger partial charge is 0.0474 e. The van der Waals surface area contributed by atoms with Gasteiger partial charge in [0.15, 0.2) is 0 Å². The van der Waals surface area contributed by atoms with E-state index in [1.165, 1.54) is 36.9 Å². The molecule has 1 saturated carbocycles. The van der Waals surface area contributed by atoms with Crippen LogP contribution in [0.15, 0.2) is 12.3 Å². The van der Waals surface area contributed by atoms with Crippen molar-refractivity contribution in [2.45, 2.75) is 31.6 Å². The molecule has 1 aromatic rings. The van der Waals surface area contributed by atoms with Gasteiger partial charge in [0, 0.05) is 16.9 Å². The highest BCUT2D eigenvalue weighted by Gasteiger charge is 2.37. The van der Waals surface area contributed by atoms with Crippen LogP contribution in [0.1, 0.15) is 36.4 Å². The van der Waals surface area contributed by atoms with Gasteiger partial charge in [-0.1, -0.05) is 18.0 Å². The molecule has 13 heavy (non-hydrogen) atoms. The number of pyridine rings is 1. The molecular weight excluding hydrogens is 182 g/mol. The minimum absolute atomic E-state index is 0.733. The zero-order valence-corrected chi connectivity index (χ0v) is 8.22. The minimum atomic E-state index is 0.733. The molecule has 0 N–H and O–H groups in total. The molecule has 0 amide bonds. The lowest BCUT2D eigenvalue weighted by atomic mass is 9.97. The number of hydrogen-bond acceptors (Lipinski definition) is 1. The third-order valence-corrected chi connectivity index (χ3v) is 3.83. The molecule has 0 unspecified atom stereocenters. The molecule has 0 aromatic carbocycles. The van der Waals surface area contributed by atoms with E-state index in [2.05, 4.69) is 4.98 Å². The fourth-order valence-corrected chi connectivity index (χ4v) is 3.26. The van der Waals surface area contributed by atoms with Crippen molar-refractivity contribution in [3.63, 3.8) is 0 Å². The highest BCUT2D eigenvalue weighted by Crippen LogP contribution is 2.49. The van der Waals surface area contributed by atoms with Crippen LogP contribution in [0.2, 0.25) is 5.02 Å². The van der Waals surface area contributed by atoms with Gasteiger partial charge in [-0.2, -0.15) is 0 Å². The summed E-state index contributed by atoms with van der Waals surface area (Å²) in [5.41, 5.74) is 2.63. The van der Waals surface area contributed by atoms with Gasteiger partial charge in [-0.05, 0) is 42.7 Å². The molecule has 1 aromatic heterocycles. The molecule has 68 valence electrons. The molecule has 0 saturated heterocycles. The summed E-state index contributed by atoms with van der Waals surface area (Å²) in [5, 5.41) is 0.944. The van der Waals surface area contributed by atoms with Gasteiger partial charge in [-0.25, -0.2) is 0 Å². The van der Waals surface area contributed by atoms with Crippen molar-refractivity contribution in [3.8, 4) is 0 Å². The van der Waals surface area contributed by atoms with Crippen molar-refractivity contribution in [1.82, 2.24) is 4.98 Å². The quantitative estimate of drug-likeness (QED) is 0.617. The summed E-state index contributed by atoms with van der Waals surface area (Å²) in [4.78, 5) is 4.42. The standard InChI is InChI=1S/C11H12ClN/c12-9-4-5-13-10-6-7-2-1-3-8(7)11(9)10/h4-5,7-8H,1-3,6H2/t7-,8-/m0/s1. The Morgan fingerprint density at radius 1 is 1.38 bits per heavy atom. The average molecular weight is 194 g/mol. The van der Waals surface area contributed by atoms with E-state index in [-0.39, 0.29) is 0 Å². The fourth-order valence-electron chi connectivity index (χ4n) is 2.95. The van der Waals surface area contributed by atoms with Crippen molar-refractivity contribution in [2.75, 3.05) is 0 Å². The van der Waals surface area contributed by atoms with Crippen LogP contribution in [0.4, 0.5) is 0 Å². The van der Waals surface area contributed by atoms with E-state index in [9.17, 15) is 0 Å². The summed E-state index contributed by atoms with van der Waals surface area (Å²) in [6.45, 7) is 0. The molecule has 1 fully saturated rings. The van der Waals surface area contributed by atoms with Gasteiger partial charge in [0.25, 0.3) is 0 Å². The van der Waals surface area contributed by atoms with E-state index in [0.29, 0.717) is 0 Å². The number of nitrogens with zero attached hydrogens (tertiary/aromatic N) is 1. The predicted molar refractivity (Wildman–Crippen MR) is 53.0 cm³/mol. The third-order valence-electron chi connectivity index (χ3n) is 3.50. The summed E-state index contributed by atoms with van der Waals surface area (Å²) in [6.07, 6.45) is 7.07. The van der Waals surface area contributed by atoms with Gasteiger partial charge < -0.3 is 0 Å². The topological polar surface area (TPSA) is 12.9 Å². The minimum Gasteiger partial charge on any atom is -0.261 e. The second kappa shape index (κ2) is 2.71. The van der Waals surface area contributed by atoms with Gasteiger partial charge in [0.05, 0.1) is 0 Å². The van der Waals surface area contributed by atoms with Crippen LogP contribution in [-0.2, 0) is 6.42 Å². The first-order chi connectivity index (χ1) is 6.36. The molecule has 0 spiro atoms. The summed E-state index contributed by atoms with van der Waals surface area (Å²) in [6, 6.07) is 1.93. The van der Waals surface area contributed by atoms with Gasteiger partial charge in [-0.15, -0.1) is 0 Å². The lowest BCUT2D eigenvalue weighted by Crippen LogP contribution is -1.97. The van der Waals surface area contributed by atoms with E-state index in [0.717, 1.165) is 16.9 Å². The molecule has 1 heterocycles. The highest BCUT2D eigenvalue weighted by molar-refractivity contribution is 6.31. The lowest BCUT2D eigenvalue weighted by Gasteiger charge is -2.09. The van der Waals surface area contributed by atoms with E-state index < -0.39 is 0 Å². The fraction of sp³-hybridized carbons (Fsp3) is 0.545. The predicted octanol–water partition coefficient (Wildman–Crippen LogP) is 3.17. The first kappa shape index (κ1) is 7.81. The maximum Gasteiger partial charge on any atom is 0.0474 e. The number of hydrogen-bond donors (Lipinski definition) is 0. The largest absolute Gasteiger partial charge is 0.261 e. The highest BCUT2D eigenvalue weighted by atomic mass is 35.5. The summed E-state index contributed by atoms with van der Waals surface area (Å²) in [5.74, 6) is 1.58. The lowest BCUT2D eigenvalue weighted by molar-refractivity contribution is 0.525. The van der Waals surface area contributed by atoms with Crippen molar-refractivity contribution < 1.29 is 0 Å². The van der Waals surface area contributed by atoms with Crippen LogP contribution in [0, 0.1) is 5.92 Å². The van der Waals surface area contributed by atoms with Crippen LogP contribution < -0.4 is 0 Å². The Labute approximate surface area is 83.1 Å². The van der Waals surface area contributed by atoms with Crippen LogP contribution in [0.25, 0.3) is 0 Å². The van der Waals surface area contributed by atoms with E-state index in [1.807, 2.05) is 12.3 Å². The van der Waals surface area contributed by atoms with Crippen molar-refractivity contribution in [1.29, 1.82) is 0 Å². The van der Waals surface area contributed by atoms with Crippen molar-refractivity contribution in [2.24, 2.45) is 5.92 Å². The molecule has 0 aliphatic heterocycles. The number of aromatic nitrogens is 1. The Bertz CT molecular complexity index is 348. The average Bonchev–Trinajstić information content (AvgIpc) is 2.62. The van der Waals surface area contributed by atoms with Gasteiger partial charge in [-0.3, -0.25) is 4.98 Å². The van der Waals surface area contributed by atoms with Crippen LogP contribution in [0.3, 0.4) is 0 Å². The first-order valence-electron chi connectivity index (χ1n) is 4.99. The zero-order valence-electron chi connectivity index (χ0n) is 7.46. The van der Waals surface area contributed by atoms with Gasteiger partial charge in [0.2, 0.25) is 0 Å². The van der Waals surface area contributed by atoms with E-state index in [1.54, 1.807) is 0 Å². The van der Waals surface area contributed by atoms with Crippen LogP contribution in [0.5, 0.6) is 0 Å². The number of rotatable bonds is 0. The van der Waals surface area contributed by atoms with Crippen molar-refractivity contribution >= 4 is 11.6 Å². The first-order valence-corrected chi connectivity index (χ1v) is 5.37. The second-order valence-electron chi connectivity index (χ2n) is 4.15. The summed E-state index contributed by atoms with van der Waals surface area (Å²) in [7, 11) is 0. The van der Waals surface area contributed by atoms with E-state index >= 15 is 0 Å².